The molecule has 0 aliphatic heterocycles. The minimum Gasteiger partial charge on any atom is -0.435 e. The Balaban J connectivity index is 2.65. The van der Waals surface area contributed by atoms with Gasteiger partial charge in [-0.05, 0) is 36.0 Å². The number of alkyl halides is 2. The van der Waals surface area contributed by atoms with Crippen molar-refractivity contribution in [2.45, 2.75) is 53.7 Å². The molecule has 0 aliphatic carbocycles. The molecule has 3 nitrogen and oxygen atoms in total. The van der Waals surface area contributed by atoms with E-state index in [1.54, 1.807) is 12.1 Å². The van der Waals surface area contributed by atoms with Crippen LogP contribution in [-0.2, 0) is 4.79 Å². The Kier molecular flexibility index (Phi) is 6.33. The van der Waals surface area contributed by atoms with Crippen LogP contribution in [0.5, 0.6) is 5.75 Å². The number of carbonyl (C=O) groups excluding carboxylic acids is 1. The maximum absolute atomic E-state index is 12.2. The minimum absolute atomic E-state index is 0.0462. The molecular weight excluding hydrogens is 288 g/mol. The lowest BCUT2D eigenvalue weighted by atomic mass is 9.80. The van der Waals surface area contributed by atoms with Crippen molar-refractivity contribution in [1.82, 2.24) is 5.32 Å². The van der Waals surface area contributed by atoms with Gasteiger partial charge in [0, 0.05) is 6.42 Å². The fourth-order valence-electron chi connectivity index (χ4n) is 1.93. The highest BCUT2D eigenvalue weighted by Crippen LogP contribution is 2.28. The van der Waals surface area contributed by atoms with Gasteiger partial charge in [0.25, 0.3) is 0 Å². The molecule has 0 unspecified atom stereocenters. The Hall–Kier alpha value is -1.65. The monoisotopic (exact) mass is 313 g/mol. The molecular formula is C17H25F2NO2. The third-order valence-corrected chi connectivity index (χ3v) is 3.93. The molecule has 0 aliphatic rings. The van der Waals surface area contributed by atoms with Gasteiger partial charge in [0.15, 0.2) is 0 Å². The number of ether oxygens (including phenoxy) is 1. The van der Waals surface area contributed by atoms with Crippen LogP contribution in [0.4, 0.5) is 8.78 Å². The number of benzene rings is 1. The summed E-state index contributed by atoms with van der Waals surface area (Å²) in [6.45, 7) is 7.30. The van der Waals surface area contributed by atoms with E-state index in [0.29, 0.717) is 6.42 Å². The van der Waals surface area contributed by atoms with Gasteiger partial charge in [-0.15, -0.1) is 0 Å². The third kappa shape index (κ3) is 6.00. The fourth-order valence-corrected chi connectivity index (χ4v) is 1.93. The lowest BCUT2D eigenvalue weighted by molar-refractivity contribution is -0.123. The highest BCUT2D eigenvalue weighted by atomic mass is 19.3. The van der Waals surface area contributed by atoms with E-state index in [1.807, 2.05) is 13.8 Å². The van der Waals surface area contributed by atoms with Gasteiger partial charge >= 0.3 is 6.61 Å². The first-order chi connectivity index (χ1) is 10.1. The molecule has 0 saturated heterocycles. The number of halogens is 2. The van der Waals surface area contributed by atoms with Crippen molar-refractivity contribution >= 4 is 5.91 Å². The van der Waals surface area contributed by atoms with E-state index < -0.39 is 6.61 Å². The molecule has 1 amide bonds. The van der Waals surface area contributed by atoms with Crippen molar-refractivity contribution in [3.05, 3.63) is 29.8 Å². The van der Waals surface area contributed by atoms with E-state index >= 15 is 0 Å². The van der Waals surface area contributed by atoms with E-state index in [2.05, 4.69) is 30.8 Å². The molecule has 0 aromatic heterocycles. The first kappa shape index (κ1) is 18.4. The molecule has 1 N–H and O–H groups in total. The molecule has 124 valence electrons. The second-order valence-corrected chi connectivity index (χ2v) is 6.71. The van der Waals surface area contributed by atoms with Crippen LogP contribution >= 0.6 is 0 Å². The van der Waals surface area contributed by atoms with Crippen LogP contribution < -0.4 is 10.1 Å². The van der Waals surface area contributed by atoms with Crippen LogP contribution in [0.25, 0.3) is 0 Å². The van der Waals surface area contributed by atoms with Gasteiger partial charge in [0.1, 0.15) is 5.75 Å². The van der Waals surface area contributed by atoms with Crippen molar-refractivity contribution < 1.29 is 18.3 Å². The van der Waals surface area contributed by atoms with Crippen molar-refractivity contribution in [3.63, 3.8) is 0 Å². The Labute approximate surface area is 131 Å². The van der Waals surface area contributed by atoms with E-state index in [-0.39, 0.29) is 29.0 Å². The second kappa shape index (κ2) is 7.56. The fraction of sp³-hybridized carbons (Fsp3) is 0.588. The molecule has 0 fully saturated rings. The number of nitrogens with one attached hydrogen (secondary N) is 1. The largest absolute Gasteiger partial charge is 0.435 e. The Morgan fingerprint density at radius 1 is 1.27 bits per heavy atom. The van der Waals surface area contributed by atoms with Gasteiger partial charge in [-0.25, -0.2) is 0 Å². The summed E-state index contributed by atoms with van der Waals surface area (Å²) in [5.41, 5.74) is 0.793. The van der Waals surface area contributed by atoms with Crippen molar-refractivity contribution in [1.29, 1.82) is 0 Å². The first-order valence-electron chi connectivity index (χ1n) is 7.43. The Morgan fingerprint density at radius 3 is 2.45 bits per heavy atom. The smallest absolute Gasteiger partial charge is 0.387 e. The number of hydrogen-bond donors (Lipinski definition) is 1. The predicted octanol–water partition coefficient (Wildman–Crippen LogP) is 4.54. The van der Waals surface area contributed by atoms with E-state index in [9.17, 15) is 13.6 Å². The summed E-state index contributed by atoms with van der Waals surface area (Å²) in [4.78, 5) is 12.1. The first-order valence-corrected chi connectivity index (χ1v) is 7.43. The SMILES string of the molecule is C[C@H](NC(=O)C[C@H](C)C(C)(C)C)c1cccc(OC(F)F)c1. The summed E-state index contributed by atoms with van der Waals surface area (Å²) in [6, 6.07) is 6.13. The zero-order chi connectivity index (χ0) is 16.9. The third-order valence-electron chi connectivity index (χ3n) is 3.93. The topological polar surface area (TPSA) is 38.3 Å². The molecule has 0 heterocycles. The van der Waals surface area contributed by atoms with E-state index in [0.717, 1.165) is 5.56 Å². The normalized spacial score (nSPS) is 14.5. The molecule has 22 heavy (non-hydrogen) atoms. The van der Waals surface area contributed by atoms with Crippen LogP contribution in [-0.4, -0.2) is 12.5 Å². The van der Waals surface area contributed by atoms with Gasteiger partial charge in [-0.3, -0.25) is 4.79 Å². The average Bonchev–Trinajstić information content (AvgIpc) is 2.36. The molecule has 2 atom stereocenters. The molecule has 0 radical (unpaired) electrons. The Morgan fingerprint density at radius 2 is 1.91 bits per heavy atom. The number of rotatable bonds is 6. The zero-order valence-corrected chi connectivity index (χ0v) is 13.8. The summed E-state index contributed by atoms with van der Waals surface area (Å²) in [5.74, 6) is 0.292. The molecule has 1 aromatic rings. The number of hydrogen-bond acceptors (Lipinski definition) is 2. The lowest BCUT2D eigenvalue weighted by Gasteiger charge is -2.27. The van der Waals surface area contributed by atoms with E-state index in [4.69, 9.17) is 0 Å². The number of amides is 1. The molecule has 1 rings (SSSR count). The van der Waals surface area contributed by atoms with E-state index in [1.165, 1.54) is 12.1 Å². The average molecular weight is 313 g/mol. The summed E-state index contributed by atoms with van der Waals surface area (Å²) in [6.07, 6.45) is 0.432. The molecule has 0 saturated carbocycles. The summed E-state index contributed by atoms with van der Waals surface area (Å²) in [5, 5.41) is 2.90. The maximum Gasteiger partial charge on any atom is 0.387 e. The highest BCUT2D eigenvalue weighted by molar-refractivity contribution is 5.76. The standard InChI is InChI=1S/C17H25F2NO2/c1-11(17(3,4)5)9-15(21)20-12(2)13-7-6-8-14(10-13)22-16(18)19/h6-8,10-12,16H,9H2,1-5H3,(H,20,21)/t11-,12-/m0/s1. The summed E-state index contributed by atoms with van der Waals surface area (Å²) >= 11 is 0. The predicted molar refractivity (Wildman–Crippen MR) is 82.9 cm³/mol. The van der Waals surface area contributed by atoms with Gasteiger partial charge in [-0.1, -0.05) is 39.8 Å². The van der Waals surface area contributed by atoms with Crippen molar-refractivity contribution in [3.8, 4) is 5.75 Å². The summed E-state index contributed by atoms with van der Waals surface area (Å²) in [7, 11) is 0. The van der Waals surface area contributed by atoms with Crippen LogP contribution in [0.2, 0.25) is 0 Å². The molecule has 5 heteroatoms. The van der Waals surface area contributed by atoms with Crippen LogP contribution in [0.3, 0.4) is 0 Å². The van der Waals surface area contributed by atoms with Crippen molar-refractivity contribution in [2.24, 2.45) is 11.3 Å². The maximum atomic E-state index is 12.2. The number of carbonyl (C=O) groups is 1. The van der Waals surface area contributed by atoms with Gasteiger partial charge < -0.3 is 10.1 Å². The van der Waals surface area contributed by atoms with Crippen LogP contribution in [0.1, 0.15) is 52.6 Å². The van der Waals surface area contributed by atoms with Gasteiger partial charge in [0.05, 0.1) is 6.04 Å². The van der Waals surface area contributed by atoms with Crippen LogP contribution in [0.15, 0.2) is 24.3 Å². The lowest BCUT2D eigenvalue weighted by Crippen LogP contribution is -2.31. The van der Waals surface area contributed by atoms with Gasteiger partial charge in [0.2, 0.25) is 5.91 Å². The van der Waals surface area contributed by atoms with Crippen molar-refractivity contribution in [2.75, 3.05) is 0 Å². The zero-order valence-electron chi connectivity index (χ0n) is 13.8. The minimum atomic E-state index is -2.85. The Bertz CT molecular complexity index is 498. The molecule has 0 spiro atoms. The van der Waals surface area contributed by atoms with Crippen LogP contribution in [0, 0.1) is 11.3 Å². The quantitative estimate of drug-likeness (QED) is 0.837. The summed E-state index contributed by atoms with van der Waals surface area (Å²) < 4.78 is 28.8. The molecule has 0 bridgehead atoms. The molecule has 1 aromatic carbocycles. The highest BCUT2D eigenvalue weighted by Gasteiger charge is 2.23. The second-order valence-electron chi connectivity index (χ2n) is 6.71. The van der Waals surface area contributed by atoms with Gasteiger partial charge in [-0.2, -0.15) is 8.78 Å².